The highest BCUT2D eigenvalue weighted by molar-refractivity contribution is 8.00. The molecule has 1 fully saturated rings. The minimum Gasteiger partial charge on any atom is -0.463 e. The molecule has 0 amide bonds. The maximum atomic E-state index is 12.5. The summed E-state index contributed by atoms with van der Waals surface area (Å²) in [6.07, 6.45) is 7.08. The summed E-state index contributed by atoms with van der Waals surface area (Å²) in [5.41, 5.74) is 6.55. The second-order valence-electron chi connectivity index (χ2n) is 8.04. The van der Waals surface area contributed by atoms with Crippen molar-refractivity contribution in [2.24, 2.45) is 11.8 Å². The summed E-state index contributed by atoms with van der Waals surface area (Å²) in [7, 11) is 0. The number of benzene rings is 1. The molecule has 0 saturated heterocycles. The lowest BCUT2D eigenvalue weighted by atomic mass is 9.87. The third-order valence-electron chi connectivity index (χ3n) is 5.67. The molecule has 6 heteroatoms. The van der Waals surface area contributed by atoms with Crippen LogP contribution in [0.3, 0.4) is 0 Å². The zero-order valence-electron chi connectivity index (χ0n) is 16.4. The largest absolute Gasteiger partial charge is 0.463 e. The highest BCUT2D eigenvalue weighted by Crippen LogP contribution is 2.41. The van der Waals surface area contributed by atoms with Crippen LogP contribution in [-0.2, 0) is 9.53 Å². The number of fused-ring (bicyclic) bond motifs is 1. The standard InChI is InChI=1S/C22H31NO4S/c1-14-6-3-2-4-7-15-10-17(24)12-19(15)22(26)20(13-21(25)27-14)28-18-9-5-8-16(23)11-18/h4-5,7-9,11,14-15,17,19-20,22,24,26H,2-3,6,10,12-13,23H2,1H3/b7-4+/t14-,15+,17-,19+,20+,22-/m0/s1. The van der Waals surface area contributed by atoms with E-state index in [9.17, 15) is 15.0 Å². The molecule has 6 atom stereocenters. The molecule has 0 unspecified atom stereocenters. The van der Waals surface area contributed by atoms with Crippen LogP contribution in [0.2, 0.25) is 0 Å². The molecule has 1 aliphatic carbocycles. The van der Waals surface area contributed by atoms with Gasteiger partial charge in [-0.15, -0.1) is 11.8 Å². The van der Waals surface area contributed by atoms with Gasteiger partial charge in [-0.25, -0.2) is 0 Å². The summed E-state index contributed by atoms with van der Waals surface area (Å²) in [5.74, 6) is -0.228. The predicted molar refractivity (Wildman–Crippen MR) is 112 cm³/mol. The van der Waals surface area contributed by atoms with Gasteiger partial charge in [0.1, 0.15) is 0 Å². The SMILES string of the molecule is C[C@H]1CCC/C=C/[C@@H]2C[C@H](O)C[C@H]2[C@H](O)[C@H](Sc2cccc(N)c2)CC(=O)O1. The van der Waals surface area contributed by atoms with Crippen molar-refractivity contribution in [3.05, 3.63) is 36.4 Å². The Labute approximate surface area is 171 Å². The molecule has 1 heterocycles. The fourth-order valence-electron chi connectivity index (χ4n) is 4.25. The molecule has 0 spiro atoms. The van der Waals surface area contributed by atoms with Crippen LogP contribution >= 0.6 is 11.8 Å². The number of nitrogens with two attached hydrogens (primary N) is 1. The Morgan fingerprint density at radius 3 is 2.86 bits per heavy atom. The van der Waals surface area contributed by atoms with Crippen molar-refractivity contribution in [2.75, 3.05) is 5.73 Å². The molecule has 28 heavy (non-hydrogen) atoms. The van der Waals surface area contributed by atoms with Gasteiger partial charge < -0.3 is 20.7 Å². The van der Waals surface area contributed by atoms with Gasteiger partial charge in [-0.1, -0.05) is 18.2 Å². The van der Waals surface area contributed by atoms with E-state index in [2.05, 4.69) is 12.2 Å². The summed E-state index contributed by atoms with van der Waals surface area (Å²) in [5, 5.41) is 21.1. The van der Waals surface area contributed by atoms with Crippen LogP contribution in [0.25, 0.3) is 0 Å². The summed E-state index contributed by atoms with van der Waals surface area (Å²) in [6, 6.07) is 7.47. The molecule has 0 aromatic heterocycles. The van der Waals surface area contributed by atoms with E-state index in [0.29, 0.717) is 18.5 Å². The van der Waals surface area contributed by atoms with Gasteiger partial charge in [0, 0.05) is 15.8 Å². The third-order valence-corrected chi connectivity index (χ3v) is 6.94. The molecule has 1 aromatic carbocycles. The summed E-state index contributed by atoms with van der Waals surface area (Å²) in [4.78, 5) is 13.4. The van der Waals surface area contributed by atoms with E-state index in [4.69, 9.17) is 10.5 Å². The van der Waals surface area contributed by atoms with Crippen LogP contribution in [0.1, 0.15) is 45.4 Å². The number of cyclic esters (lactones) is 1. The first-order valence-electron chi connectivity index (χ1n) is 10.2. The molecule has 4 N–H and O–H groups in total. The number of carbonyl (C=O) groups is 1. The third kappa shape index (κ3) is 5.75. The number of allylic oxidation sites excluding steroid dienone is 2. The van der Waals surface area contributed by atoms with Crippen molar-refractivity contribution in [1.82, 2.24) is 0 Å². The molecular formula is C22H31NO4S. The Kier molecular flexibility index (Phi) is 7.43. The summed E-state index contributed by atoms with van der Waals surface area (Å²) >= 11 is 1.46. The van der Waals surface area contributed by atoms with Gasteiger partial charge in [0.2, 0.25) is 0 Å². The van der Waals surface area contributed by atoms with E-state index >= 15 is 0 Å². The summed E-state index contributed by atoms with van der Waals surface area (Å²) in [6.45, 7) is 1.92. The first kappa shape index (κ1) is 21.2. The molecular weight excluding hydrogens is 374 g/mol. The van der Waals surface area contributed by atoms with Crippen LogP contribution in [0.15, 0.2) is 41.3 Å². The van der Waals surface area contributed by atoms with Crippen LogP contribution in [-0.4, -0.2) is 39.7 Å². The fourth-order valence-corrected chi connectivity index (χ4v) is 5.52. The van der Waals surface area contributed by atoms with Gasteiger partial charge in [0.05, 0.1) is 24.7 Å². The van der Waals surface area contributed by atoms with Gasteiger partial charge in [-0.3, -0.25) is 4.79 Å². The van der Waals surface area contributed by atoms with Gasteiger partial charge in [-0.2, -0.15) is 0 Å². The van der Waals surface area contributed by atoms with Gasteiger partial charge >= 0.3 is 5.97 Å². The molecule has 2 aliphatic rings. The number of hydrogen-bond donors (Lipinski definition) is 3. The Balaban J connectivity index is 1.84. The lowest BCUT2D eigenvalue weighted by molar-refractivity contribution is -0.149. The number of nitrogen functional groups attached to an aromatic ring is 1. The Morgan fingerprint density at radius 1 is 1.25 bits per heavy atom. The van der Waals surface area contributed by atoms with Crippen molar-refractivity contribution in [2.45, 2.75) is 73.9 Å². The summed E-state index contributed by atoms with van der Waals surface area (Å²) < 4.78 is 5.57. The number of aliphatic hydroxyl groups excluding tert-OH is 2. The Bertz CT molecular complexity index is 695. The number of anilines is 1. The van der Waals surface area contributed by atoms with E-state index in [1.807, 2.05) is 31.2 Å². The van der Waals surface area contributed by atoms with Gasteiger partial charge in [0.15, 0.2) is 0 Å². The normalized spacial score (nSPS) is 35.8. The van der Waals surface area contributed by atoms with Crippen molar-refractivity contribution in [1.29, 1.82) is 0 Å². The molecule has 1 aromatic rings. The van der Waals surface area contributed by atoms with E-state index in [1.54, 1.807) is 0 Å². The number of esters is 1. The van der Waals surface area contributed by atoms with Crippen molar-refractivity contribution < 1.29 is 19.7 Å². The number of aliphatic hydroxyl groups is 2. The van der Waals surface area contributed by atoms with E-state index < -0.39 is 12.2 Å². The van der Waals surface area contributed by atoms with Crippen LogP contribution < -0.4 is 5.73 Å². The molecule has 1 aliphatic heterocycles. The number of hydrogen-bond acceptors (Lipinski definition) is 6. The maximum Gasteiger partial charge on any atom is 0.307 e. The zero-order chi connectivity index (χ0) is 20.1. The highest BCUT2D eigenvalue weighted by atomic mass is 32.2. The van der Waals surface area contributed by atoms with Gasteiger partial charge in [-0.05, 0) is 69.1 Å². The second-order valence-corrected chi connectivity index (χ2v) is 9.35. The number of carbonyl (C=O) groups excluding carboxylic acids is 1. The second kappa shape index (κ2) is 9.81. The molecule has 5 nitrogen and oxygen atoms in total. The van der Waals surface area contributed by atoms with Crippen molar-refractivity contribution in [3.63, 3.8) is 0 Å². The maximum absolute atomic E-state index is 12.5. The van der Waals surface area contributed by atoms with E-state index in [-0.39, 0.29) is 35.6 Å². The topological polar surface area (TPSA) is 92.8 Å². The van der Waals surface area contributed by atoms with Crippen molar-refractivity contribution >= 4 is 23.4 Å². The molecule has 154 valence electrons. The minimum atomic E-state index is -0.721. The Morgan fingerprint density at radius 2 is 2.07 bits per heavy atom. The Hall–Kier alpha value is -1.50. The van der Waals surface area contributed by atoms with Crippen LogP contribution in [0, 0.1) is 11.8 Å². The van der Waals surface area contributed by atoms with Crippen LogP contribution in [0.4, 0.5) is 5.69 Å². The fraction of sp³-hybridized carbons (Fsp3) is 0.591. The lowest BCUT2D eigenvalue weighted by Crippen LogP contribution is -2.35. The van der Waals surface area contributed by atoms with Crippen LogP contribution in [0.5, 0.6) is 0 Å². The predicted octanol–water partition coefficient (Wildman–Crippen LogP) is 3.54. The first-order valence-corrected chi connectivity index (χ1v) is 11.0. The molecule has 0 radical (unpaired) electrons. The zero-order valence-corrected chi connectivity index (χ0v) is 17.2. The average Bonchev–Trinajstić information content (AvgIpc) is 3.00. The minimum absolute atomic E-state index is 0.0733. The number of rotatable bonds is 2. The van der Waals surface area contributed by atoms with E-state index in [0.717, 1.165) is 24.2 Å². The van der Waals surface area contributed by atoms with Crippen molar-refractivity contribution in [3.8, 4) is 0 Å². The molecule has 1 saturated carbocycles. The monoisotopic (exact) mass is 405 g/mol. The van der Waals surface area contributed by atoms with Gasteiger partial charge in [0.25, 0.3) is 0 Å². The molecule has 0 bridgehead atoms. The lowest BCUT2D eigenvalue weighted by Gasteiger charge is -2.29. The number of ether oxygens (including phenoxy) is 1. The highest BCUT2D eigenvalue weighted by Gasteiger charge is 2.40. The van der Waals surface area contributed by atoms with E-state index in [1.165, 1.54) is 11.8 Å². The first-order chi connectivity index (χ1) is 13.4. The quantitative estimate of drug-likeness (QED) is 0.396. The number of thioether (sulfide) groups is 1. The smallest absolute Gasteiger partial charge is 0.307 e. The molecule has 3 rings (SSSR count). The average molecular weight is 406 g/mol.